The molecule has 0 spiro atoms. The standard InChI is InChI=1S/C22H20BrF6N7O2S/c1-10(9-39-3)31-18(38)16-12(5-4-6-13(16)23)17(37)33-14-7-30-15(32-11(14)2)8-36-20(22(27,28)29)34-19(35-36)21(24,25)26/h4-7,10H,8-9H2,1-3H3,(H,31,38)(H,33,37)/t10-/m0/s1. The van der Waals surface area contributed by atoms with Crippen molar-refractivity contribution in [2.75, 3.05) is 17.3 Å². The number of rotatable bonds is 8. The quantitative estimate of drug-likeness (QED) is 0.335. The van der Waals surface area contributed by atoms with Crippen molar-refractivity contribution in [2.24, 2.45) is 0 Å². The summed E-state index contributed by atoms with van der Waals surface area (Å²) >= 11 is 4.82. The first kappa shape index (κ1) is 30.3. The number of carbonyl (C=O) groups excluding carboxylic acids is 2. The summed E-state index contributed by atoms with van der Waals surface area (Å²) in [6.45, 7) is 2.36. The number of hydrogen-bond donors (Lipinski definition) is 2. The smallest absolute Gasteiger partial charge is 0.349 e. The highest BCUT2D eigenvalue weighted by Crippen LogP contribution is 2.32. The molecule has 39 heavy (non-hydrogen) atoms. The van der Waals surface area contributed by atoms with Gasteiger partial charge in [0.05, 0.1) is 28.7 Å². The number of nitrogens with zero attached hydrogens (tertiary/aromatic N) is 5. The summed E-state index contributed by atoms with van der Waals surface area (Å²) in [5.41, 5.74) is 0.285. The van der Waals surface area contributed by atoms with E-state index in [2.05, 4.69) is 46.6 Å². The zero-order chi connectivity index (χ0) is 29.1. The van der Waals surface area contributed by atoms with Gasteiger partial charge in [-0.15, -0.1) is 5.10 Å². The predicted molar refractivity (Wildman–Crippen MR) is 133 cm³/mol. The summed E-state index contributed by atoms with van der Waals surface area (Å²) in [4.78, 5) is 36.3. The van der Waals surface area contributed by atoms with Gasteiger partial charge in [0.2, 0.25) is 5.82 Å². The topological polar surface area (TPSA) is 115 Å². The summed E-state index contributed by atoms with van der Waals surface area (Å²) in [7, 11) is 0. The summed E-state index contributed by atoms with van der Waals surface area (Å²) in [5.74, 6) is -4.64. The average Bonchev–Trinajstić information content (AvgIpc) is 3.25. The molecule has 3 rings (SSSR count). The molecule has 9 nitrogen and oxygen atoms in total. The van der Waals surface area contributed by atoms with E-state index in [9.17, 15) is 35.9 Å². The van der Waals surface area contributed by atoms with E-state index in [0.717, 1.165) is 6.20 Å². The molecule has 210 valence electrons. The zero-order valence-electron chi connectivity index (χ0n) is 20.4. The lowest BCUT2D eigenvalue weighted by Crippen LogP contribution is -2.35. The van der Waals surface area contributed by atoms with Crippen LogP contribution in [0.1, 0.15) is 50.8 Å². The Balaban J connectivity index is 1.84. The Morgan fingerprint density at radius 2 is 1.79 bits per heavy atom. The molecule has 0 fully saturated rings. The molecule has 0 aliphatic heterocycles. The summed E-state index contributed by atoms with van der Waals surface area (Å²) in [5, 5.41) is 8.27. The fraction of sp³-hybridized carbons (Fsp3) is 0.364. The molecule has 0 saturated heterocycles. The van der Waals surface area contributed by atoms with Crippen LogP contribution in [0.2, 0.25) is 0 Å². The monoisotopic (exact) mass is 639 g/mol. The Bertz CT molecular complexity index is 1380. The number of benzene rings is 1. The molecule has 0 aliphatic rings. The minimum absolute atomic E-state index is 0.0142. The fourth-order valence-electron chi connectivity index (χ4n) is 3.35. The second-order valence-electron chi connectivity index (χ2n) is 8.14. The van der Waals surface area contributed by atoms with E-state index in [4.69, 9.17) is 0 Å². The molecule has 0 aliphatic carbocycles. The lowest BCUT2D eigenvalue weighted by molar-refractivity contribution is -0.150. The van der Waals surface area contributed by atoms with Gasteiger partial charge < -0.3 is 10.6 Å². The van der Waals surface area contributed by atoms with Crippen LogP contribution in [0.5, 0.6) is 0 Å². The number of alkyl halides is 6. The Kier molecular flexibility index (Phi) is 9.25. The molecule has 0 bridgehead atoms. The van der Waals surface area contributed by atoms with Crippen molar-refractivity contribution in [1.29, 1.82) is 0 Å². The van der Waals surface area contributed by atoms with E-state index in [1.54, 1.807) is 12.1 Å². The van der Waals surface area contributed by atoms with E-state index in [0.29, 0.717) is 10.2 Å². The van der Waals surface area contributed by atoms with Gasteiger partial charge in [0.25, 0.3) is 17.6 Å². The largest absolute Gasteiger partial charge is 0.453 e. The third-order valence-electron chi connectivity index (χ3n) is 5.03. The maximum Gasteiger partial charge on any atom is 0.453 e. The number of aromatic nitrogens is 5. The molecular weight excluding hydrogens is 620 g/mol. The van der Waals surface area contributed by atoms with Gasteiger partial charge in [0, 0.05) is 16.3 Å². The van der Waals surface area contributed by atoms with E-state index in [1.165, 1.54) is 24.8 Å². The molecule has 17 heteroatoms. The Morgan fingerprint density at radius 1 is 1.10 bits per heavy atom. The normalized spacial score (nSPS) is 12.8. The van der Waals surface area contributed by atoms with Crippen LogP contribution in [0.15, 0.2) is 28.9 Å². The van der Waals surface area contributed by atoms with E-state index in [-0.39, 0.29) is 39.1 Å². The number of anilines is 1. The minimum atomic E-state index is -5.21. The van der Waals surface area contributed by atoms with Crippen molar-refractivity contribution in [1.82, 2.24) is 30.0 Å². The number of hydrogen-bond acceptors (Lipinski definition) is 7. The van der Waals surface area contributed by atoms with Gasteiger partial charge in [-0.1, -0.05) is 6.07 Å². The Morgan fingerprint density at radius 3 is 2.38 bits per heavy atom. The molecule has 2 N–H and O–H groups in total. The number of halogens is 7. The first-order chi connectivity index (χ1) is 18.1. The number of amides is 2. The number of aryl methyl sites for hydroxylation is 1. The fourth-order valence-corrected chi connectivity index (χ4v) is 4.48. The van der Waals surface area contributed by atoms with Crippen LogP contribution in [-0.2, 0) is 18.9 Å². The second kappa shape index (κ2) is 11.9. The Hall–Kier alpha value is -3.21. The molecule has 2 aromatic heterocycles. The van der Waals surface area contributed by atoms with Gasteiger partial charge in [-0.25, -0.2) is 14.6 Å². The minimum Gasteiger partial charge on any atom is -0.349 e. The van der Waals surface area contributed by atoms with Gasteiger partial charge in [0.15, 0.2) is 0 Å². The van der Waals surface area contributed by atoms with Gasteiger partial charge >= 0.3 is 12.4 Å². The lowest BCUT2D eigenvalue weighted by Gasteiger charge is -2.16. The highest BCUT2D eigenvalue weighted by atomic mass is 79.9. The van der Waals surface area contributed by atoms with E-state index < -0.39 is 42.4 Å². The second-order valence-corrected chi connectivity index (χ2v) is 9.91. The van der Waals surface area contributed by atoms with Crippen LogP contribution in [0.4, 0.5) is 32.0 Å². The maximum atomic E-state index is 13.2. The van der Waals surface area contributed by atoms with Gasteiger partial charge in [-0.2, -0.15) is 43.1 Å². The molecule has 0 radical (unpaired) electrons. The molecule has 0 saturated carbocycles. The molecule has 0 unspecified atom stereocenters. The Labute approximate surface area is 230 Å². The predicted octanol–water partition coefficient (Wildman–Crippen LogP) is 4.96. The SMILES string of the molecule is CSC[C@H](C)NC(=O)c1c(Br)cccc1C(=O)Nc1cnc(Cn2nc(C(F)(F)F)nc2C(F)(F)F)nc1C. The number of carbonyl (C=O) groups is 2. The van der Waals surface area contributed by atoms with Gasteiger partial charge in [0.1, 0.15) is 12.4 Å². The van der Waals surface area contributed by atoms with E-state index >= 15 is 0 Å². The van der Waals surface area contributed by atoms with E-state index in [1.807, 2.05) is 13.2 Å². The van der Waals surface area contributed by atoms with Gasteiger partial charge in [-0.05, 0) is 48.2 Å². The molecule has 2 amide bonds. The lowest BCUT2D eigenvalue weighted by atomic mass is 10.1. The van der Waals surface area contributed by atoms with Crippen molar-refractivity contribution >= 4 is 45.2 Å². The number of nitrogens with one attached hydrogen (secondary N) is 2. The highest BCUT2D eigenvalue weighted by Gasteiger charge is 2.44. The van der Waals surface area contributed by atoms with Crippen molar-refractivity contribution in [3.05, 3.63) is 63.2 Å². The third-order valence-corrected chi connectivity index (χ3v) is 6.52. The van der Waals surface area contributed by atoms with Crippen molar-refractivity contribution in [3.63, 3.8) is 0 Å². The van der Waals surface area contributed by atoms with Crippen LogP contribution < -0.4 is 10.6 Å². The molecule has 1 aromatic carbocycles. The van der Waals surface area contributed by atoms with Crippen LogP contribution in [-0.4, -0.2) is 54.6 Å². The van der Waals surface area contributed by atoms with Crippen molar-refractivity contribution in [3.8, 4) is 0 Å². The zero-order valence-corrected chi connectivity index (χ0v) is 22.8. The average molecular weight is 640 g/mol. The first-order valence-electron chi connectivity index (χ1n) is 10.9. The third kappa shape index (κ3) is 7.46. The van der Waals surface area contributed by atoms with Crippen LogP contribution in [0.3, 0.4) is 0 Å². The molecule has 3 aromatic rings. The summed E-state index contributed by atoms with van der Waals surface area (Å²) in [6, 6.07) is 4.41. The molecular formula is C22H20BrF6N7O2S. The van der Waals surface area contributed by atoms with Crippen LogP contribution >= 0.6 is 27.7 Å². The number of thioether (sulfide) groups is 1. The molecule has 1 atom stereocenters. The van der Waals surface area contributed by atoms with Crippen LogP contribution in [0.25, 0.3) is 0 Å². The highest BCUT2D eigenvalue weighted by molar-refractivity contribution is 9.10. The van der Waals surface area contributed by atoms with Crippen molar-refractivity contribution in [2.45, 2.75) is 38.8 Å². The van der Waals surface area contributed by atoms with Gasteiger partial charge in [-0.3, -0.25) is 9.59 Å². The maximum absolute atomic E-state index is 13.2. The first-order valence-corrected chi connectivity index (χ1v) is 13.1. The summed E-state index contributed by atoms with van der Waals surface area (Å²) < 4.78 is 78.7. The molecule has 2 heterocycles. The van der Waals surface area contributed by atoms with Crippen LogP contribution in [0, 0.1) is 6.92 Å². The summed E-state index contributed by atoms with van der Waals surface area (Å²) in [6.07, 6.45) is -7.43. The van der Waals surface area contributed by atoms with Crippen molar-refractivity contribution < 1.29 is 35.9 Å².